The lowest BCUT2D eigenvalue weighted by atomic mass is 9.99. The maximum Gasteiger partial charge on any atom is 0.417 e. The molecule has 3 aromatic rings. The Morgan fingerprint density at radius 2 is 1.74 bits per heavy atom. The zero-order valence-corrected chi connectivity index (χ0v) is 19.4. The SMILES string of the molecule is O=C(/C=C(\c1cc(Cl)c(Cl)c(Cl)c1)C(F)(F)F)c1ccc2c(c1)CN(Cc1ccccn1)C2=O. The quantitative estimate of drug-likeness (QED) is 0.204. The van der Waals surface area contributed by atoms with Gasteiger partial charge in [-0.25, -0.2) is 0 Å². The highest BCUT2D eigenvalue weighted by atomic mass is 35.5. The minimum atomic E-state index is -4.86. The molecule has 0 unspecified atom stereocenters. The Morgan fingerprint density at radius 3 is 2.35 bits per heavy atom. The van der Waals surface area contributed by atoms with Gasteiger partial charge in [-0.3, -0.25) is 14.6 Å². The molecule has 4 rings (SSSR count). The molecule has 1 amide bonds. The predicted octanol–water partition coefficient (Wildman–Crippen LogP) is 7.03. The van der Waals surface area contributed by atoms with Gasteiger partial charge in [0.1, 0.15) is 0 Å². The number of alkyl halides is 3. The summed E-state index contributed by atoms with van der Waals surface area (Å²) in [5.74, 6) is -1.12. The van der Waals surface area contributed by atoms with Crippen LogP contribution in [-0.2, 0) is 13.1 Å². The number of benzene rings is 2. The molecule has 0 spiro atoms. The largest absolute Gasteiger partial charge is 0.417 e. The molecular weight excluding hydrogens is 512 g/mol. The van der Waals surface area contributed by atoms with Gasteiger partial charge in [-0.05, 0) is 53.6 Å². The van der Waals surface area contributed by atoms with Gasteiger partial charge in [0.2, 0.25) is 0 Å². The first-order chi connectivity index (χ1) is 16.0. The van der Waals surface area contributed by atoms with Gasteiger partial charge in [-0.2, -0.15) is 13.2 Å². The van der Waals surface area contributed by atoms with E-state index in [2.05, 4.69) is 4.98 Å². The molecular formula is C24H14Cl3F3N2O2. The van der Waals surface area contributed by atoms with Crippen LogP contribution in [0.3, 0.4) is 0 Å². The molecule has 2 heterocycles. The van der Waals surface area contributed by atoms with Crippen LogP contribution in [0.25, 0.3) is 5.57 Å². The summed E-state index contributed by atoms with van der Waals surface area (Å²) < 4.78 is 41.3. The van der Waals surface area contributed by atoms with E-state index in [0.29, 0.717) is 22.9 Å². The van der Waals surface area contributed by atoms with Crippen molar-refractivity contribution in [2.24, 2.45) is 0 Å². The number of fused-ring (bicyclic) bond motifs is 1. The number of pyridine rings is 1. The van der Waals surface area contributed by atoms with Gasteiger partial charge in [0, 0.05) is 23.9 Å². The Labute approximate surface area is 207 Å². The molecule has 0 aliphatic carbocycles. The molecule has 0 radical (unpaired) electrons. The summed E-state index contributed by atoms with van der Waals surface area (Å²) in [6.45, 7) is 0.484. The number of nitrogens with zero attached hydrogens (tertiary/aromatic N) is 2. The summed E-state index contributed by atoms with van der Waals surface area (Å²) in [6.07, 6.45) is -2.76. The second-order valence-corrected chi connectivity index (χ2v) is 8.72. The Bertz CT molecular complexity index is 1300. The molecule has 0 fully saturated rings. The topological polar surface area (TPSA) is 50.3 Å². The molecule has 4 nitrogen and oxygen atoms in total. The zero-order chi connectivity index (χ0) is 24.6. The van der Waals surface area contributed by atoms with Gasteiger partial charge in [0.05, 0.1) is 32.9 Å². The maximum atomic E-state index is 13.8. The minimum absolute atomic E-state index is 0.0131. The van der Waals surface area contributed by atoms with Gasteiger partial charge < -0.3 is 4.90 Å². The normalized spacial score (nSPS) is 13.9. The second kappa shape index (κ2) is 9.41. The van der Waals surface area contributed by atoms with Crippen LogP contribution < -0.4 is 0 Å². The fraction of sp³-hybridized carbons (Fsp3) is 0.125. The van der Waals surface area contributed by atoms with Gasteiger partial charge in [-0.15, -0.1) is 0 Å². The van der Waals surface area contributed by atoms with Crippen molar-refractivity contribution >= 4 is 52.1 Å². The molecule has 0 saturated heterocycles. The van der Waals surface area contributed by atoms with Crippen LogP contribution in [0, 0.1) is 0 Å². The summed E-state index contributed by atoms with van der Waals surface area (Å²) in [5.41, 5.74) is 0.0386. The number of allylic oxidation sites excluding steroid dienone is 2. The molecule has 0 bridgehead atoms. The number of hydrogen-bond donors (Lipinski definition) is 0. The van der Waals surface area contributed by atoms with Crippen LogP contribution in [0.5, 0.6) is 0 Å². The molecule has 1 aliphatic rings. The minimum Gasteiger partial charge on any atom is -0.328 e. The molecule has 0 N–H and O–H groups in total. The van der Waals surface area contributed by atoms with Crippen molar-refractivity contribution in [3.8, 4) is 0 Å². The van der Waals surface area contributed by atoms with Crippen molar-refractivity contribution < 1.29 is 22.8 Å². The fourth-order valence-electron chi connectivity index (χ4n) is 3.60. The molecule has 0 saturated carbocycles. The second-order valence-electron chi connectivity index (χ2n) is 7.53. The molecule has 1 aromatic heterocycles. The Balaban J connectivity index is 1.64. The molecule has 1 aliphatic heterocycles. The van der Waals surface area contributed by atoms with Crippen molar-refractivity contribution in [2.75, 3.05) is 0 Å². The third-order valence-corrected chi connectivity index (χ3v) is 6.42. The van der Waals surface area contributed by atoms with Gasteiger partial charge in [0.25, 0.3) is 5.91 Å². The van der Waals surface area contributed by atoms with Crippen molar-refractivity contribution in [3.63, 3.8) is 0 Å². The van der Waals surface area contributed by atoms with Crippen molar-refractivity contribution in [1.82, 2.24) is 9.88 Å². The number of carbonyl (C=O) groups is 2. The summed E-state index contributed by atoms with van der Waals surface area (Å²) in [5, 5.41) is -0.426. The fourth-order valence-corrected chi connectivity index (χ4v) is 4.20. The summed E-state index contributed by atoms with van der Waals surface area (Å²) >= 11 is 17.6. The zero-order valence-electron chi connectivity index (χ0n) is 17.2. The third kappa shape index (κ3) is 4.97. The van der Waals surface area contributed by atoms with E-state index in [1.807, 2.05) is 0 Å². The highest BCUT2D eigenvalue weighted by Gasteiger charge is 2.36. The number of aromatic nitrogens is 1. The Kier molecular flexibility index (Phi) is 6.71. The molecule has 10 heteroatoms. The van der Waals surface area contributed by atoms with Crippen LogP contribution in [-0.4, -0.2) is 27.8 Å². The van der Waals surface area contributed by atoms with E-state index in [0.717, 1.165) is 12.1 Å². The average Bonchev–Trinajstić information content (AvgIpc) is 3.09. The highest BCUT2D eigenvalue weighted by molar-refractivity contribution is 6.48. The van der Waals surface area contributed by atoms with E-state index in [-0.39, 0.29) is 39.6 Å². The van der Waals surface area contributed by atoms with Crippen LogP contribution in [0.1, 0.15) is 37.5 Å². The Morgan fingerprint density at radius 1 is 1.03 bits per heavy atom. The first kappa shape index (κ1) is 24.3. The molecule has 2 aromatic carbocycles. The van der Waals surface area contributed by atoms with Gasteiger partial charge >= 0.3 is 6.18 Å². The van der Waals surface area contributed by atoms with E-state index in [1.54, 1.807) is 29.3 Å². The monoisotopic (exact) mass is 524 g/mol. The van der Waals surface area contributed by atoms with Crippen LogP contribution in [0.4, 0.5) is 13.2 Å². The summed E-state index contributed by atoms with van der Waals surface area (Å²) in [4.78, 5) is 31.2. The maximum absolute atomic E-state index is 13.8. The first-order valence-corrected chi connectivity index (χ1v) is 11.0. The van der Waals surface area contributed by atoms with E-state index >= 15 is 0 Å². The van der Waals surface area contributed by atoms with E-state index in [1.165, 1.54) is 18.2 Å². The lowest BCUT2D eigenvalue weighted by Gasteiger charge is -2.14. The van der Waals surface area contributed by atoms with E-state index in [9.17, 15) is 22.8 Å². The number of carbonyl (C=O) groups excluding carboxylic acids is 2. The highest BCUT2D eigenvalue weighted by Crippen LogP contribution is 2.39. The summed E-state index contributed by atoms with van der Waals surface area (Å²) in [7, 11) is 0. The van der Waals surface area contributed by atoms with Crippen LogP contribution >= 0.6 is 34.8 Å². The average molecular weight is 526 g/mol. The predicted molar refractivity (Wildman–Crippen MR) is 124 cm³/mol. The number of hydrogen-bond acceptors (Lipinski definition) is 3. The third-order valence-electron chi connectivity index (χ3n) is 5.22. The lowest BCUT2D eigenvalue weighted by Crippen LogP contribution is -2.23. The molecule has 0 atom stereocenters. The van der Waals surface area contributed by atoms with Crippen molar-refractivity contribution in [3.05, 3.63) is 104 Å². The van der Waals surface area contributed by atoms with E-state index < -0.39 is 23.1 Å². The smallest absolute Gasteiger partial charge is 0.328 e. The number of halogens is 6. The van der Waals surface area contributed by atoms with Gasteiger partial charge in [0.15, 0.2) is 5.78 Å². The van der Waals surface area contributed by atoms with Crippen molar-refractivity contribution in [1.29, 1.82) is 0 Å². The molecule has 34 heavy (non-hydrogen) atoms. The standard InChI is InChI=1S/C24H14Cl3F3N2O2/c25-19-8-14(9-20(26)22(19)27)18(24(28,29)30)10-21(33)13-4-5-17-15(7-13)11-32(23(17)34)12-16-3-1-2-6-31-16/h1-10H,11-12H2/b18-10+. The number of rotatable bonds is 5. The van der Waals surface area contributed by atoms with Crippen molar-refractivity contribution in [2.45, 2.75) is 19.3 Å². The lowest BCUT2D eigenvalue weighted by molar-refractivity contribution is -0.0689. The number of ketones is 1. The van der Waals surface area contributed by atoms with Crippen LogP contribution in [0.15, 0.2) is 60.8 Å². The van der Waals surface area contributed by atoms with Crippen LogP contribution in [0.2, 0.25) is 15.1 Å². The summed E-state index contributed by atoms with van der Waals surface area (Å²) in [6, 6.07) is 11.5. The van der Waals surface area contributed by atoms with E-state index in [4.69, 9.17) is 34.8 Å². The Hall–Kier alpha value is -2.87. The van der Waals surface area contributed by atoms with Gasteiger partial charge in [-0.1, -0.05) is 46.9 Å². The first-order valence-electron chi connectivity index (χ1n) is 9.85. The molecule has 174 valence electrons. The number of amides is 1.